The Balaban J connectivity index is 1.75. The fourth-order valence-corrected chi connectivity index (χ4v) is 3.20. The number of amides is 1. The van der Waals surface area contributed by atoms with Gasteiger partial charge in [0.1, 0.15) is 11.9 Å². The van der Waals surface area contributed by atoms with E-state index in [0.29, 0.717) is 16.6 Å². The molecular formula is C23H17FN6O. The van der Waals surface area contributed by atoms with Crippen LogP contribution in [0.4, 0.5) is 10.1 Å². The number of fused-ring (bicyclic) bond motifs is 1. The molecule has 8 heteroatoms. The van der Waals surface area contributed by atoms with Gasteiger partial charge in [-0.05, 0) is 29.8 Å². The van der Waals surface area contributed by atoms with E-state index in [-0.39, 0.29) is 5.69 Å². The van der Waals surface area contributed by atoms with Crippen molar-refractivity contribution in [1.82, 2.24) is 19.4 Å². The summed E-state index contributed by atoms with van der Waals surface area (Å²) in [6.07, 6.45) is 11.6. The van der Waals surface area contributed by atoms with Crippen LogP contribution in [-0.2, 0) is 11.8 Å². The van der Waals surface area contributed by atoms with Gasteiger partial charge in [-0.2, -0.15) is 15.5 Å². The second-order valence-corrected chi connectivity index (χ2v) is 6.82. The minimum Gasteiger partial charge on any atom is -0.320 e. The molecule has 1 aromatic carbocycles. The number of benzene rings is 1. The summed E-state index contributed by atoms with van der Waals surface area (Å²) >= 11 is 0. The lowest BCUT2D eigenvalue weighted by molar-refractivity contribution is -0.111. The second-order valence-electron chi connectivity index (χ2n) is 6.82. The summed E-state index contributed by atoms with van der Waals surface area (Å²) < 4.78 is 17.7. The zero-order valence-electron chi connectivity index (χ0n) is 16.6. The van der Waals surface area contributed by atoms with E-state index in [4.69, 9.17) is 0 Å². The highest BCUT2D eigenvalue weighted by Gasteiger charge is 2.12. The number of hydrogen-bond donors (Lipinski definition) is 1. The first kappa shape index (κ1) is 19.8. The lowest BCUT2D eigenvalue weighted by atomic mass is 10.0. The first-order valence-electron chi connectivity index (χ1n) is 9.30. The highest BCUT2D eigenvalue weighted by Crippen LogP contribution is 2.26. The van der Waals surface area contributed by atoms with Crippen molar-refractivity contribution in [3.63, 3.8) is 0 Å². The SMILES string of the molecule is C=CC(=O)Nc1ccc(/C=C/c2cc(-c3cnn(C)c3)cn3ncc(C#N)c23)cc1F. The largest absolute Gasteiger partial charge is 0.320 e. The second kappa shape index (κ2) is 8.08. The first-order chi connectivity index (χ1) is 15.0. The number of nitriles is 1. The van der Waals surface area contributed by atoms with E-state index in [1.807, 2.05) is 25.5 Å². The van der Waals surface area contributed by atoms with Crippen molar-refractivity contribution in [1.29, 1.82) is 5.26 Å². The van der Waals surface area contributed by atoms with Gasteiger partial charge in [-0.25, -0.2) is 8.91 Å². The van der Waals surface area contributed by atoms with Crippen molar-refractivity contribution >= 4 is 29.3 Å². The molecule has 0 aliphatic carbocycles. The number of carbonyl (C=O) groups excluding carboxylic acids is 1. The number of nitrogens with one attached hydrogen (secondary N) is 1. The van der Waals surface area contributed by atoms with Gasteiger partial charge < -0.3 is 5.32 Å². The number of carbonyl (C=O) groups is 1. The summed E-state index contributed by atoms with van der Waals surface area (Å²) in [5.41, 5.74) is 4.29. The Hall–Kier alpha value is -4.51. The van der Waals surface area contributed by atoms with E-state index in [1.54, 1.807) is 33.6 Å². The lowest BCUT2D eigenvalue weighted by Gasteiger charge is -2.06. The molecule has 0 aliphatic rings. The third-order valence-corrected chi connectivity index (χ3v) is 4.69. The molecule has 7 nitrogen and oxygen atoms in total. The quantitative estimate of drug-likeness (QED) is 0.501. The summed E-state index contributed by atoms with van der Waals surface area (Å²) in [6, 6.07) is 8.57. The molecule has 0 radical (unpaired) electrons. The van der Waals surface area contributed by atoms with Crippen LogP contribution in [0.25, 0.3) is 28.8 Å². The molecule has 0 unspecified atom stereocenters. The Kier molecular flexibility index (Phi) is 5.16. The van der Waals surface area contributed by atoms with E-state index in [2.05, 4.69) is 28.2 Å². The minimum absolute atomic E-state index is 0.0746. The molecule has 152 valence electrons. The smallest absolute Gasteiger partial charge is 0.247 e. The van der Waals surface area contributed by atoms with Crippen LogP contribution in [0.1, 0.15) is 16.7 Å². The van der Waals surface area contributed by atoms with Crippen LogP contribution in [0.3, 0.4) is 0 Å². The van der Waals surface area contributed by atoms with Crippen LogP contribution in [0, 0.1) is 17.1 Å². The summed E-state index contributed by atoms with van der Waals surface area (Å²) in [6.45, 7) is 3.35. The van der Waals surface area contributed by atoms with Gasteiger partial charge in [0.2, 0.25) is 5.91 Å². The molecule has 0 bridgehead atoms. The van der Waals surface area contributed by atoms with Gasteiger partial charge in [-0.1, -0.05) is 24.8 Å². The lowest BCUT2D eigenvalue weighted by Crippen LogP contribution is -2.08. The molecular weight excluding hydrogens is 395 g/mol. The summed E-state index contributed by atoms with van der Waals surface area (Å²) in [5.74, 6) is -1.05. The summed E-state index contributed by atoms with van der Waals surface area (Å²) in [4.78, 5) is 11.4. The molecule has 3 aromatic heterocycles. The first-order valence-corrected chi connectivity index (χ1v) is 9.30. The Morgan fingerprint density at radius 3 is 2.71 bits per heavy atom. The van der Waals surface area contributed by atoms with Gasteiger partial charge in [0.15, 0.2) is 0 Å². The maximum atomic E-state index is 14.3. The number of aryl methyl sites for hydroxylation is 1. The molecule has 1 N–H and O–H groups in total. The maximum absolute atomic E-state index is 14.3. The highest BCUT2D eigenvalue weighted by molar-refractivity contribution is 5.99. The van der Waals surface area contributed by atoms with Crippen LogP contribution in [0.15, 0.2) is 61.7 Å². The van der Waals surface area contributed by atoms with Gasteiger partial charge >= 0.3 is 0 Å². The van der Waals surface area contributed by atoms with Gasteiger partial charge in [0.05, 0.1) is 29.2 Å². The topological polar surface area (TPSA) is 88.0 Å². The van der Waals surface area contributed by atoms with Crippen LogP contribution in [0.5, 0.6) is 0 Å². The number of anilines is 1. The van der Waals surface area contributed by atoms with Gasteiger partial charge in [0, 0.05) is 36.1 Å². The molecule has 31 heavy (non-hydrogen) atoms. The fraction of sp³-hybridized carbons (Fsp3) is 0.0435. The van der Waals surface area contributed by atoms with Crippen molar-refractivity contribution < 1.29 is 9.18 Å². The molecule has 0 atom stereocenters. The van der Waals surface area contributed by atoms with E-state index in [9.17, 15) is 14.4 Å². The number of rotatable bonds is 5. The predicted octanol–water partition coefficient (Wildman–Crippen LogP) is 4.04. The van der Waals surface area contributed by atoms with Gasteiger partial charge in [-0.3, -0.25) is 9.48 Å². The predicted molar refractivity (Wildman–Crippen MR) is 116 cm³/mol. The normalized spacial score (nSPS) is 11.0. The fourth-order valence-electron chi connectivity index (χ4n) is 3.20. The van der Waals surface area contributed by atoms with E-state index in [1.165, 1.54) is 18.3 Å². The molecule has 1 amide bonds. The Morgan fingerprint density at radius 2 is 2.03 bits per heavy atom. The molecule has 3 heterocycles. The Labute approximate surface area is 177 Å². The Morgan fingerprint density at radius 1 is 1.19 bits per heavy atom. The summed E-state index contributed by atoms with van der Waals surface area (Å²) in [7, 11) is 1.83. The van der Waals surface area contributed by atoms with Crippen molar-refractivity contribution in [2.24, 2.45) is 7.05 Å². The number of halogens is 1. The van der Waals surface area contributed by atoms with Crippen LogP contribution in [-0.4, -0.2) is 25.3 Å². The van der Waals surface area contributed by atoms with E-state index >= 15 is 0 Å². The Bertz CT molecular complexity index is 1390. The molecule has 4 rings (SSSR count). The molecule has 0 fully saturated rings. The van der Waals surface area contributed by atoms with Crippen molar-refractivity contribution in [2.45, 2.75) is 0 Å². The third kappa shape index (κ3) is 3.97. The van der Waals surface area contributed by atoms with E-state index in [0.717, 1.165) is 22.8 Å². The van der Waals surface area contributed by atoms with Gasteiger partial charge in [0.25, 0.3) is 0 Å². The van der Waals surface area contributed by atoms with Crippen molar-refractivity contribution in [2.75, 3.05) is 5.32 Å². The molecule has 0 aliphatic heterocycles. The zero-order valence-corrected chi connectivity index (χ0v) is 16.6. The van der Waals surface area contributed by atoms with Crippen molar-refractivity contribution in [3.8, 4) is 17.2 Å². The van der Waals surface area contributed by atoms with E-state index < -0.39 is 11.7 Å². The third-order valence-electron chi connectivity index (χ3n) is 4.69. The maximum Gasteiger partial charge on any atom is 0.247 e. The van der Waals surface area contributed by atoms with Gasteiger partial charge in [-0.15, -0.1) is 0 Å². The average molecular weight is 412 g/mol. The standard InChI is InChI=1S/C23H17FN6O/c1-3-22(31)28-21-7-5-15(8-20(21)24)4-6-16-9-17(19-12-26-29(2)13-19)14-30-23(16)18(10-25)11-27-30/h3-9,11-14H,1H2,2H3,(H,28,31)/b6-4+. The monoisotopic (exact) mass is 412 g/mol. The molecule has 0 saturated heterocycles. The molecule has 0 saturated carbocycles. The average Bonchev–Trinajstić information content (AvgIpc) is 3.39. The molecule has 0 spiro atoms. The number of pyridine rings is 1. The zero-order chi connectivity index (χ0) is 22.0. The summed E-state index contributed by atoms with van der Waals surface area (Å²) in [5, 5.41) is 20.3. The van der Waals surface area contributed by atoms with Crippen molar-refractivity contribution in [3.05, 3.63) is 84.2 Å². The van der Waals surface area contributed by atoms with Crippen LogP contribution in [0.2, 0.25) is 0 Å². The minimum atomic E-state index is -0.561. The number of hydrogen-bond acceptors (Lipinski definition) is 4. The highest BCUT2D eigenvalue weighted by atomic mass is 19.1. The molecule has 4 aromatic rings. The number of aromatic nitrogens is 4. The number of nitrogens with zero attached hydrogens (tertiary/aromatic N) is 5. The van der Waals surface area contributed by atoms with Crippen LogP contribution >= 0.6 is 0 Å². The van der Waals surface area contributed by atoms with Crippen LogP contribution < -0.4 is 5.32 Å².